The molecular formula is C41H36ClF3O4. The first-order valence-corrected chi connectivity index (χ1v) is 16.7. The zero-order valence-electron chi connectivity index (χ0n) is 27.9. The van der Waals surface area contributed by atoms with Gasteiger partial charge in [0.2, 0.25) is 0 Å². The predicted octanol–water partition coefficient (Wildman–Crippen LogP) is 11.4. The normalized spacial score (nSPS) is 17.3. The Bertz CT molecular complexity index is 2140. The number of ether oxygens (including phenoxy) is 3. The molecule has 1 aliphatic carbocycles. The summed E-state index contributed by atoms with van der Waals surface area (Å²) in [5.41, 5.74) is 1.70. The van der Waals surface area contributed by atoms with Crippen LogP contribution in [0.2, 0.25) is 5.02 Å². The van der Waals surface area contributed by atoms with Gasteiger partial charge < -0.3 is 19.3 Å². The molecule has 49 heavy (non-hydrogen) atoms. The number of fused-ring (bicyclic) bond motifs is 8. The van der Waals surface area contributed by atoms with Gasteiger partial charge in [-0.15, -0.1) is 0 Å². The highest BCUT2D eigenvalue weighted by molar-refractivity contribution is 6.39. The Balaban J connectivity index is 1.55. The lowest BCUT2D eigenvalue weighted by atomic mass is 9.75. The lowest BCUT2D eigenvalue weighted by Crippen LogP contribution is -2.35. The summed E-state index contributed by atoms with van der Waals surface area (Å²) >= 11 is 7.10. The third-order valence-corrected chi connectivity index (χ3v) is 10.1. The van der Waals surface area contributed by atoms with Crippen molar-refractivity contribution in [2.45, 2.75) is 57.7 Å². The summed E-state index contributed by atoms with van der Waals surface area (Å²) in [5, 5.41) is 12.2. The quantitative estimate of drug-likeness (QED) is 0.173. The van der Waals surface area contributed by atoms with Crippen LogP contribution < -0.4 is 14.2 Å². The van der Waals surface area contributed by atoms with E-state index in [1.807, 2.05) is 80.6 Å². The zero-order valence-corrected chi connectivity index (χ0v) is 28.6. The Morgan fingerprint density at radius 2 is 1.63 bits per heavy atom. The van der Waals surface area contributed by atoms with E-state index in [0.29, 0.717) is 50.9 Å². The van der Waals surface area contributed by atoms with Crippen molar-refractivity contribution < 1.29 is 32.5 Å². The lowest BCUT2D eigenvalue weighted by Gasteiger charge is -2.38. The van der Waals surface area contributed by atoms with E-state index >= 15 is 0 Å². The van der Waals surface area contributed by atoms with Gasteiger partial charge in [-0.2, -0.15) is 13.2 Å². The molecule has 1 heterocycles. The van der Waals surface area contributed by atoms with Crippen molar-refractivity contribution in [2.75, 3.05) is 13.7 Å². The predicted molar refractivity (Wildman–Crippen MR) is 188 cm³/mol. The second-order valence-corrected chi connectivity index (χ2v) is 13.7. The lowest BCUT2D eigenvalue weighted by molar-refractivity contribution is -0.138. The molecule has 5 aromatic rings. The standard InChI is InChI=1S/C41H36ClF3O4/c1-6-7-19-48-26-15-13-25(14-16-26)40(24-11-9-8-10-12-24)18-17-27-35-32(28-22-31(46)38(47-5)36(42)33(28)37(27)49-40)29-20-23(2)21-30(41(43,44)45)34(29)39(35,3)4/h8-18,20-22,46H,6-7,19H2,1-5H3. The summed E-state index contributed by atoms with van der Waals surface area (Å²) in [5.74, 6) is 0.947. The number of methoxy groups -OCH3 is 1. The average molecular weight is 685 g/mol. The second-order valence-electron chi connectivity index (χ2n) is 13.3. The van der Waals surface area contributed by atoms with Gasteiger partial charge in [-0.1, -0.05) is 93.4 Å². The molecule has 1 atom stereocenters. The van der Waals surface area contributed by atoms with E-state index < -0.39 is 22.8 Å². The van der Waals surface area contributed by atoms with Crippen LogP contribution in [0.4, 0.5) is 13.2 Å². The fourth-order valence-corrected chi connectivity index (χ4v) is 8.00. The van der Waals surface area contributed by atoms with Crippen LogP contribution in [0, 0.1) is 6.92 Å². The van der Waals surface area contributed by atoms with Crippen molar-refractivity contribution in [2.24, 2.45) is 0 Å². The van der Waals surface area contributed by atoms with Gasteiger partial charge in [0.15, 0.2) is 17.1 Å². The summed E-state index contributed by atoms with van der Waals surface area (Å²) in [4.78, 5) is 0. The number of hydrogen-bond acceptors (Lipinski definition) is 4. The third-order valence-electron chi connectivity index (χ3n) is 9.77. The molecule has 0 radical (unpaired) electrons. The summed E-state index contributed by atoms with van der Waals surface area (Å²) in [7, 11) is 1.41. The highest BCUT2D eigenvalue weighted by Crippen LogP contribution is 2.62. The summed E-state index contributed by atoms with van der Waals surface area (Å²) < 4.78 is 62.9. The second kappa shape index (κ2) is 11.8. The molecule has 0 amide bonds. The van der Waals surface area contributed by atoms with Gasteiger partial charge in [-0.05, 0) is 76.9 Å². The molecule has 4 nitrogen and oxygen atoms in total. The highest BCUT2D eigenvalue weighted by Gasteiger charge is 2.49. The average Bonchev–Trinajstić information content (AvgIpc) is 3.31. The zero-order chi connectivity index (χ0) is 34.9. The fraction of sp³-hybridized carbons (Fsp3) is 0.268. The topological polar surface area (TPSA) is 47.9 Å². The van der Waals surface area contributed by atoms with Crippen molar-refractivity contribution in [1.29, 1.82) is 0 Å². The van der Waals surface area contributed by atoms with E-state index in [2.05, 4.69) is 6.92 Å². The maximum atomic E-state index is 14.7. The first kappa shape index (κ1) is 32.9. The number of alkyl halides is 3. The van der Waals surface area contributed by atoms with Gasteiger partial charge in [0.1, 0.15) is 11.5 Å². The van der Waals surface area contributed by atoms with Crippen LogP contribution in [0.3, 0.4) is 0 Å². The molecule has 252 valence electrons. The third kappa shape index (κ3) is 5.04. The van der Waals surface area contributed by atoms with E-state index in [1.54, 1.807) is 13.0 Å². The molecule has 0 aromatic heterocycles. The first-order valence-electron chi connectivity index (χ1n) is 16.3. The number of phenols is 1. The highest BCUT2D eigenvalue weighted by atomic mass is 35.5. The molecule has 0 saturated carbocycles. The SMILES string of the molecule is CCCCOc1ccc(C2(c3ccccc3)C=Cc3c4c(c5cc(O)c(OC)c(Cl)c5c3O2)-c2cc(C)cc(C(F)(F)F)c2C4(C)C)cc1. The number of phenolic OH excluding ortho intramolecular Hbond substituents is 1. The largest absolute Gasteiger partial charge is 0.504 e. The smallest absolute Gasteiger partial charge is 0.416 e. The molecule has 2 aliphatic rings. The van der Waals surface area contributed by atoms with Gasteiger partial charge in [-0.25, -0.2) is 0 Å². The molecule has 5 aromatic carbocycles. The van der Waals surface area contributed by atoms with E-state index in [4.69, 9.17) is 25.8 Å². The van der Waals surface area contributed by atoms with Crippen molar-refractivity contribution in [3.05, 3.63) is 123 Å². The minimum Gasteiger partial charge on any atom is -0.504 e. The van der Waals surface area contributed by atoms with E-state index in [1.165, 1.54) is 19.2 Å². The Hall–Kier alpha value is -4.62. The number of unbranched alkanes of at least 4 members (excludes halogenated alkanes) is 1. The molecule has 0 saturated heterocycles. The van der Waals surface area contributed by atoms with Crippen LogP contribution in [0.5, 0.6) is 23.0 Å². The summed E-state index contributed by atoms with van der Waals surface area (Å²) in [6.07, 6.45) is 1.29. The molecule has 1 aliphatic heterocycles. The van der Waals surface area contributed by atoms with Crippen LogP contribution in [-0.4, -0.2) is 18.8 Å². The number of benzene rings is 5. The molecule has 8 heteroatoms. The van der Waals surface area contributed by atoms with E-state index in [9.17, 15) is 18.3 Å². The fourth-order valence-electron chi connectivity index (χ4n) is 7.64. The molecule has 7 rings (SSSR count). The van der Waals surface area contributed by atoms with E-state index in [-0.39, 0.29) is 22.1 Å². The van der Waals surface area contributed by atoms with Crippen molar-refractivity contribution in [3.8, 4) is 34.1 Å². The number of aryl methyl sites for hydroxylation is 1. The molecule has 0 fully saturated rings. The van der Waals surface area contributed by atoms with Crippen molar-refractivity contribution in [1.82, 2.24) is 0 Å². The Kier molecular flexibility index (Phi) is 7.90. The van der Waals surface area contributed by atoms with Crippen LogP contribution in [0.1, 0.15) is 72.6 Å². The summed E-state index contributed by atoms with van der Waals surface area (Å²) in [6, 6.07) is 22.0. The first-order chi connectivity index (χ1) is 23.3. The van der Waals surface area contributed by atoms with Crippen LogP contribution >= 0.6 is 11.6 Å². The van der Waals surface area contributed by atoms with Crippen LogP contribution in [-0.2, 0) is 17.2 Å². The summed E-state index contributed by atoms with van der Waals surface area (Å²) in [6.45, 7) is 8.00. The van der Waals surface area contributed by atoms with Crippen molar-refractivity contribution >= 4 is 28.4 Å². The monoisotopic (exact) mass is 684 g/mol. The number of aromatic hydroxyl groups is 1. The Labute approximate surface area is 288 Å². The van der Waals surface area contributed by atoms with Gasteiger partial charge in [0.05, 0.1) is 24.3 Å². The maximum Gasteiger partial charge on any atom is 0.416 e. The minimum atomic E-state index is -4.59. The molecule has 1 unspecified atom stereocenters. The number of hydrogen-bond donors (Lipinski definition) is 1. The molecular weight excluding hydrogens is 649 g/mol. The van der Waals surface area contributed by atoms with E-state index in [0.717, 1.165) is 29.7 Å². The number of rotatable bonds is 7. The Morgan fingerprint density at radius 3 is 2.29 bits per heavy atom. The van der Waals surface area contributed by atoms with Gasteiger partial charge >= 0.3 is 6.18 Å². The molecule has 0 bridgehead atoms. The van der Waals surface area contributed by atoms with Gasteiger partial charge in [0, 0.05) is 27.5 Å². The maximum absolute atomic E-state index is 14.7. The number of halogens is 4. The van der Waals surface area contributed by atoms with Crippen LogP contribution in [0.25, 0.3) is 28.0 Å². The van der Waals surface area contributed by atoms with Gasteiger partial charge in [0.25, 0.3) is 0 Å². The van der Waals surface area contributed by atoms with Crippen molar-refractivity contribution in [3.63, 3.8) is 0 Å². The Morgan fingerprint density at radius 1 is 0.939 bits per heavy atom. The molecule has 0 spiro atoms. The van der Waals surface area contributed by atoms with Gasteiger partial charge in [-0.3, -0.25) is 0 Å². The minimum absolute atomic E-state index is 0.0473. The van der Waals surface area contributed by atoms with Crippen LogP contribution in [0.15, 0.2) is 78.9 Å². The molecule has 1 N–H and O–H groups in total.